The topological polar surface area (TPSA) is 99.2 Å². The van der Waals surface area contributed by atoms with Crippen molar-refractivity contribution >= 4 is 39.5 Å². The molecule has 47 heavy (non-hydrogen) atoms. The zero-order chi connectivity index (χ0) is 32.8. The summed E-state index contributed by atoms with van der Waals surface area (Å²) in [5.74, 6) is -1.03. The van der Waals surface area contributed by atoms with Crippen LogP contribution in [0.15, 0.2) is 103 Å². The van der Waals surface area contributed by atoms with Gasteiger partial charge in [-0.05, 0) is 54.7 Å². The van der Waals surface area contributed by atoms with Crippen molar-refractivity contribution in [1.29, 1.82) is 0 Å². The summed E-state index contributed by atoms with van der Waals surface area (Å²) >= 11 is 0. The number of aromatic nitrogens is 2. The molecule has 0 spiro atoms. The van der Waals surface area contributed by atoms with E-state index in [2.05, 4.69) is 53.1 Å². The summed E-state index contributed by atoms with van der Waals surface area (Å²) in [6, 6.07) is 32.1. The van der Waals surface area contributed by atoms with Gasteiger partial charge in [0.1, 0.15) is 11.7 Å². The number of hydrogen-bond donors (Lipinski definition) is 3. The molecule has 1 aliphatic rings. The number of nitrogens with zero attached hydrogens (tertiary/aromatic N) is 2. The fourth-order valence-electron chi connectivity index (χ4n) is 6.91. The standard InChI is InChI=1S/C39H37N5O3/c1-23(2)21-33(38(46)42-41-37(45)32-22-26-11-5-10-16-31(26)43(32)4)44-36(27-12-6-7-13-28(27)39(44)47)34-29-14-8-9-15-30(29)40-35(34)25-19-17-24(3)18-20-25/h5-20,22-23,33,36,40H,21H2,1-4H3,(H,41,45)(H,42,46). The van der Waals surface area contributed by atoms with Crippen molar-refractivity contribution in [3.8, 4) is 11.3 Å². The van der Waals surface area contributed by atoms with E-state index in [0.29, 0.717) is 17.7 Å². The van der Waals surface area contributed by atoms with Gasteiger partial charge in [0.2, 0.25) is 0 Å². The van der Waals surface area contributed by atoms with Crippen LogP contribution in [-0.4, -0.2) is 38.2 Å². The van der Waals surface area contributed by atoms with Crippen molar-refractivity contribution in [2.45, 2.75) is 39.3 Å². The Morgan fingerprint density at radius 3 is 2.34 bits per heavy atom. The maximum atomic E-state index is 14.4. The molecule has 1 aliphatic heterocycles. The molecule has 3 N–H and O–H groups in total. The molecular formula is C39H37N5O3. The van der Waals surface area contributed by atoms with E-state index in [-0.39, 0.29) is 11.8 Å². The van der Waals surface area contributed by atoms with Gasteiger partial charge in [-0.1, -0.05) is 98.3 Å². The van der Waals surface area contributed by atoms with E-state index in [0.717, 1.165) is 49.8 Å². The van der Waals surface area contributed by atoms with E-state index in [1.807, 2.05) is 87.6 Å². The Morgan fingerprint density at radius 1 is 0.872 bits per heavy atom. The molecule has 4 aromatic carbocycles. The highest BCUT2D eigenvalue weighted by molar-refractivity contribution is 6.05. The van der Waals surface area contributed by atoms with E-state index in [9.17, 15) is 14.4 Å². The van der Waals surface area contributed by atoms with Gasteiger partial charge in [0.25, 0.3) is 17.7 Å². The number of H-pyrrole nitrogens is 1. The molecule has 3 heterocycles. The molecular weight excluding hydrogens is 586 g/mol. The Hall–Kier alpha value is -5.63. The first-order chi connectivity index (χ1) is 22.7. The zero-order valence-electron chi connectivity index (χ0n) is 26.9. The molecule has 0 aliphatic carbocycles. The molecule has 0 fully saturated rings. The second kappa shape index (κ2) is 11.9. The highest BCUT2D eigenvalue weighted by atomic mass is 16.2. The Kier molecular flexibility index (Phi) is 7.64. The van der Waals surface area contributed by atoms with Crippen LogP contribution in [0.5, 0.6) is 0 Å². The summed E-state index contributed by atoms with van der Waals surface area (Å²) in [4.78, 5) is 47.3. The molecule has 236 valence electrons. The zero-order valence-corrected chi connectivity index (χ0v) is 26.9. The average molecular weight is 624 g/mol. The predicted molar refractivity (Wildman–Crippen MR) is 185 cm³/mol. The van der Waals surface area contributed by atoms with Crippen LogP contribution in [-0.2, 0) is 11.8 Å². The van der Waals surface area contributed by atoms with Crippen LogP contribution in [0.2, 0.25) is 0 Å². The normalized spacial score (nSPS) is 15.0. The van der Waals surface area contributed by atoms with Crippen molar-refractivity contribution in [2.75, 3.05) is 0 Å². The minimum atomic E-state index is -0.868. The van der Waals surface area contributed by atoms with Gasteiger partial charge in [0, 0.05) is 40.0 Å². The first-order valence-corrected chi connectivity index (χ1v) is 16.0. The van der Waals surface area contributed by atoms with Crippen LogP contribution in [0.4, 0.5) is 0 Å². The summed E-state index contributed by atoms with van der Waals surface area (Å²) < 4.78 is 1.79. The number of fused-ring (bicyclic) bond motifs is 3. The molecule has 2 aromatic heterocycles. The summed E-state index contributed by atoms with van der Waals surface area (Å²) in [5.41, 5.74) is 13.0. The van der Waals surface area contributed by atoms with Gasteiger partial charge in [-0.2, -0.15) is 0 Å². The Balaban J connectivity index is 1.30. The van der Waals surface area contributed by atoms with E-state index in [1.165, 1.54) is 0 Å². The first-order valence-electron chi connectivity index (χ1n) is 16.0. The monoisotopic (exact) mass is 623 g/mol. The van der Waals surface area contributed by atoms with Crippen molar-refractivity contribution in [3.05, 3.63) is 131 Å². The molecule has 6 aromatic rings. The maximum absolute atomic E-state index is 14.4. The molecule has 0 saturated heterocycles. The SMILES string of the molecule is Cc1ccc(-c2[nH]c3ccccc3c2C2c3ccccc3C(=O)N2C(CC(C)C)C(=O)NNC(=O)c2cc3ccccc3n2C)cc1. The number of hydrazine groups is 1. The minimum Gasteiger partial charge on any atom is -0.354 e. The summed E-state index contributed by atoms with van der Waals surface area (Å²) in [6.07, 6.45) is 0.397. The third-order valence-electron chi connectivity index (χ3n) is 9.18. The number of para-hydroxylation sites is 2. The maximum Gasteiger partial charge on any atom is 0.286 e. The molecule has 7 rings (SSSR count). The Bertz CT molecular complexity index is 2160. The fourth-order valence-corrected chi connectivity index (χ4v) is 6.91. The van der Waals surface area contributed by atoms with Gasteiger partial charge in [0.15, 0.2) is 0 Å². The molecule has 0 bridgehead atoms. The van der Waals surface area contributed by atoms with Crippen LogP contribution in [0.3, 0.4) is 0 Å². The van der Waals surface area contributed by atoms with E-state index in [1.54, 1.807) is 15.5 Å². The van der Waals surface area contributed by atoms with Crippen LogP contribution in [0, 0.1) is 12.8 Å². The second-order valence-corrected chi connectivity index (χ2v) is 12.8. The molecule has 3 amide bonds. The van der Waals surface area contributed by atoms with Crippen LogP contribution >= 0.6 is 0 Å². The number of aromatic amines is 1. The quantitative estimate of drug-likeness (QED) is 0.166. The van der Waals surface area contributed by atoms with Gasteiger partial charge in [-0.15, -0.1) is 0 Å². The van der Waals surface area contributed by atoms with Gasteiger partial charge in [-0.25, -0.2) is 0 Å². The smallest absolute Gasteiger partial charge is 0.286 e. The second-order valence-electron chi connectivity index (χ2n) is 12.8. The highest BCUT2D eigenvalue weighted by Gasteiger charge is 2.46. The predicted octanol–water partition coefficient (Wildman–Crippen LogP) is 7.06. The Morgan fingerprint density at radius 2 is 1.57 bits per heavy atom. The van der Waals surface area contributed by atoms with Gasteiger partial charge in [-0.3, -0.25) is 25.2 Å². The summed E-state index contributed by atoms with van der Waals surface area (Å²) in [7, 11) is 1.82. The van der Waals surface area contributed by atoms with E-state index < -0.39 is 23.9 Å². The summed E-state index contributed by atoms with van der Waals surface area (Å²) in [5, 5.41) is 1.91. The number of aryl methyl sites for hydroxylation is 2. The Labute approximate surface area is 273 Å². The van der Waals surface area contributed by atoms with Crippen molar-refractivity contribution < 1.29 is 14.4 Å². The number of rotatable bonds is 7. The minimum absolute atomic E-state index is 0.0799. The highest BCUT2D eigenvalue weighted by Crippen LogP contribution is 2.47. The first kappa shape index (κ1) is 30.0. The number of nitrogens with one attached hydrogen (secondary N) is 3. The third-order valence-corrected chi connectivity index (χ3v) is 9.18. The number of carbonyl (C=O) groups excluding carboxylic acids is 3. The fraction of sp³-hybridized carbons (Fsp3) is 0.205. The number of hydrogen-bond acceptors (Lipinski definition) is 3. The average Bonchev–Trinajstić information content (AvgIpc) is 3.72. The molecule has 0 saturated carbocycles. The number of carbonyl (C=O) groups is 3. The van der Waals surface area contributed by atoms with Gasteiger partial charge in [0.05, 0.1) is 11.7 Å². The number of benzene rings is 4. The molecule has 8 nitrogen and oxygen atoms in total. The molecule has 2 unspecified atom stereocenters. The molecule has 8 heteroatoms. The molecule has 0 radical (unpaired) electrons. The molecule has 2 atom stereocenters. The van der Waals surface area contributed by atoms with Gasteiger partial charge < -0.3 is 14.5 Å². The lowest BCUT2D eigenvalue weighted by molar-refractivity contribution is -0.127. The van der Waals surface area contributed by atoms with Crippen molar-refractivity contribution in [2.24, 2.45) is 13.0 Å². The van der Waals surface area contributed by atoms with Crippen LogP contribution in [0.25, 0.3) is 33.1 Å². The number of amides is 3. The van der Waals surface area contributed by atoms with Crippen molar-refractivity contribution in [1.82, 2.24) is 25.3 Å². The lowest BCUT2D eigenvalue weighted by Crippen LogP contribution is -2.54. The van der Waals surface area contributed by atoms with Gasteiger partial charge >= 0.3 is 0 Å². The third kappa shape index (κ3) is 5.25. The largest absolute Gasteiger partial charge is 0.354 e. The van der Waals surface area contributed by atoms with Crippen LogP contribution in [0.1, 0.15) is 63.8 Å². The summed E-state index contributed by atoms with van der Waals surface area (Å²) in [6.45, 7) is 6.11. The van der Waals surface area contributed by atoms with E-state index >= 15 is 0 Å². The lowest BCUT2D eigenvalue weighted by atomic mass is 9.91. The van der Waals surface area contributed by atoms with Crippen LogP contribution < -0.4 is 10.9 Å². The lowest BCUT2D eigenvalue weighted by Gasteiger charge is -2.34. The van der Waals surface area contributed by atoms with Crippen molar-refractivity contribution in [3.63, 3.8) is 0 Å². The van der Waals surface area contributed by atoms with E-state index in [4.69, 9.17) is 0 Å².